The van der Waals surface area contributed by atoms with Crippen LogP contribution in [0.1, 0.15) is 31.4 Å². The summed E-state index contributed by atoms with van der Waals surface area (Å²) in [5, 5.41) is 3.05. The molecule has 0 heterocycles. The van der Waals surface area contributed by atoms with E-state index in [-0.39, 0.29) is 41.2 Å². The first kappa shape index (κ1) is 35.5. The summed E-state index contributed by atoms with van der Waals surface area (Å²) < 4.78 is 41.5. The van der Waals surface area contributed by atoms with Crippen LogP contribution in [0.25, 0.3) is 0 Å². The minimum Gasteiger partial charge on any atom is -0.497 e. The number of carbonyl (C=O) groups is 2. The molecule has 0 aliphatic rings. The molecule has 4 aromatic rings. The Morgan fingerprint density at radius 1 is 0.851 bits per heavy atom. The number of hydrogen-bond acceptors (Lipinski definition) is 6. The van der Waals surface area contributed by atoms with Crippen LogP contribution in [0.15, 0.2) is 112 Å². The summed E-state index contributed by atoms with van der Waals surface area (Å²) in [6.07, 6.45) is 0.919. The third kappa shape index (κ3) is 9.14. The molecular formula is C36H40BrN3O6S. The van der Waals surface area contributed by atoms with Crippen molar-refractivity contribution in [2.24, 2.45) is 0 Å². The lowest BCUT2D eigenvalue weighted by Crippen LogP contribution is -2.54. The van der Waals surface area contributed by atoms with Gasteiger partial charge in [0.15, 0.2) is 0 Å². The molecule has 248 valence electrons. The molecular weight excluding hydrogens is 682 g/mol. The largest absolute Gasteiger partial charge is 0.497 e. The fourth-order valence-electron chi connectivity index (χ4n) is 5.01. The lowest BCUT2D eigenvalue weighted by atomic mass is 10.0. The van der Waals surface area contributed by atoms with E-state index in [0.717, 1.165) is 19.9 Å². The molecule has 0 radical (unpaired) electrons. The first-order valence-corrected chi connectivity index (χ1v) is 17.5. The van der Waals surface area contributed by atoms with Crippen molar-refractivity contribution in [1.29, 1.82) is 0 Å². The molecule has 0 bridgehead atoms. The smallest absolute Gasteiger partial charge is 0.264 e. The number of halogens is 1. The van der Waals surface area contributed by atoms with Crippen molar-refractivity contribution in [2.45, 2.75) is 50.2 Å². The second-order valence-electron chi connectivity index (χ2n) is 11.0. The fourth-order valence-corrected chi connectivity index (χ4v) is 6.71. The maximum atomic E-state index is 14.7. The van der Waals surface area contributed by atoms with Crippen LogP contribution in [0, 0.1) is 0 Å². The highest BCUT2D eigenvalue weighted by Gasteiger charge is 2.36. The molecule has 0 unspecified atom stereocenters. The standard InChI is InChI=1S/C36H40BrN3O6S/c1-5-26(2)38-36(42)33(22-27-12-8-6-9-13-27)39(24-28-16-18-29(37)19-17-28)35(41)25-40(47(43,44)31-14-10-7-11-15-31)32-23-30(45-3)20-21-34(32)46-4/h6-21,23,26,33H,5,22,24-25H2,1-4H3,(H,38,42)/t26-,33-/m1/s1. The lowest BCUT2D eigenvalue weighted by Gasteiger charge is -2.34. The predicted octanol–water partition coefficient (Wildman–Crippen LogP) is 6.22. The van der Waals surface area contributed by atoms with E-state index < -0.39 is 28.5 Å². The van der Waals surface area contributed by atoms with E-state index in [0.29, 0.717) is 12.2 Å². The molecule has 0 fully saturated rings. The summed E-state index contributed by atoms with van der Waals surface area (Å²) in [5.74, 6) is -0.293. The molecule has 47 heavy (non-hydrogen) atoms. The highest BCUT2D eigenvalue weighted by molar-refractivity contribution is 9.10. The number of methoxy groups -OCH3 is 2. The molecule has 0 aliphatic heterocycles. The van der Waals surface area contributed by atoms with Crippen molar-refractivity contribution in [2.75, 3.05) is 25.1 Å². The van der Waals surface area contributed by atoms with E-state index >= 15 is 0 Å². The highest BCUT2D eigenvalue weighted by atomic mass is 79.9. The van der Waals surface area contributed by atoms with E-state index in [1.807, 2.05) is 68.4 Å². The van der Waals surface area contributed by atoms with Crippen molar-refractivity contribution < 1.29 is 27.5 Å². The number of benzene rings is 4. The first-order valence-electron chi connectivity index (χ1n) is 15.2. The van der Waals surface area contributed by atoms with E-state index in [1.165, 1.54) is 37.3 Å². The molecule has 11 heteroatoms. The van der Waals surface area contributed by atoms with Crippen LogP contribution in [-0.2, 0) is 32.6 Å². The second kappa shape index (κ2) is 16.5. The van der Waals surface area contributed by atoms with Crippen molar-refractivity contribution in [3.8, 4) is 11.5 Å². The average molecular weight is 723 g/mol. The van der Waals surface area contributed by atoms with Crippen LogP contribution in [0.5, 0.6) is 11.5 Å². The SMILES string of the molecule is CC[C@@H](C)NC(=O)[C@@H](Cc1ccccc1)N(Cc1ccc(Br)cc1)C(=O)CN(c1cc(OC)ccc1OC)S(=O)(=O)c1ccccc1. The maximum absolute atomic E-state index is 14.7. The number of hydrogen-bond donors (Lipinski definition) is 1. The van der Waals surface area contributed by atoms with Crippen LogP contribution in [0.2, 0.25) is 0 Å². The normalized spacial score (nSPS) is 12.4. The summed E-state index contributed by atoms with van der Waals surface area (Å²) in [6, 6.07) is 28.4. The Balaban J connectivity index is 1.86. The van der Waals surface area contributed by atoms with Gasteiger partial charge in [-0.25, -0.2) is 8.42 Å². The Labute approximate surface area is 285 Å². The van der Waals surface area contributed by atoms with Crippen LogP contribution in [0.4, 0.5) is 5.69 Å². The van der Waals surface area contributed by atoms with Gasteiger partial charge in [-0.3, -0.25) is 13.9 Å². The Hall–Kier alpha value is -4.35. The quantitative estimate of drug-likeness (QED) is 0.156. The van der Waals surface area contributed by atoms with Gasteiger partial charge in [-0.15, -0.1) is 0 Å². The third-order valence-corrected chi connectivity index (χ3v) is 10.1. The number of amides is 2. The second-order valence-corrected chi connectivity index (χ2v) is 13.8. The number of carbonyl (C=O) groups excluding carboxylic acids is 2. The van der Waals surface area contributed by atoms with Gasteiger partial charge in [0.1, 0.15) is 24.1 Å². The van der Waals surface area contributed by atoms with Crippen LogP contribution >= 0.6 is 15.9 Å². The molecule has 2 amide bonds. The third-order valence-electron chi connectivity index (χ3n) is 7.80. The highest BCUT2D eigenvalue weighted by Crippen LogP contribution is 2.36. The molecule has 0 aliphatic carbocycles. The van der Waals surface area contributed by atoms with E-state index in [4.69, 9.17) is 9.47 Å². The zero-order chi connectivity index (χ0) is 34.0. The summed E-state index contributed by atoms with van der Waals surface area (Å²) in [5.41, 5.74) is 1.75. The van der Waals surface area contributed by atoms with Crippen molar-refractivity contribution in [3.63, 3.8) is 0 Å². The Morgan fingerprint density at radius 2 is 1.49 bits per heavy atom. The van der Waals surface area contributed by atoms with Crippen molar-refractivity contribution >= 4 is 43.5 Å². The summed E-state index contributed by atoms with van der Waals surface area (Å²) in [7, 11) is -1.41. The monoisotopic (exact) mass is 721 g/mol. The number of nitrogens with one attached hydrogen (secondary N) is 1. The van der Waals surface area contributed by atoms with Crippen LogP contribution in [0.3, 0.4) is 0 Å². The molecule has 0 spiro atoms. The number of sulfonamides is 1. The fraction of sp³-hybridized carbons (Fsp3) is 0.278. The van der Waals surface area contributed by atoms with Crippen molar-refractivity contribution in [1.82, 2.24) is 10.2 Å². The van der Waals surface area contributed by atoms with Crippen LogP contribution < -0.4 is 19.1 Å². The lowest BCUT2D eigenvalue weighted by molar-refractivity contribution is -0.140. The Morgan fingerprint density at radius 3 is 2.09 bits per heavy atom. The molecule has 1 N–H and O–H groups in total. The number of nitrogens with zero attached hydrogens (tertiary/aromatic N) is 2. The summed E-state index contributed by atoms with van der Waals surface area (Å²) in [6.45, 7) is 3.32. The minimum atomic E-state index is -4.30. The van der Waals surface area contributed by atoms with Crippen LogP contribution in [-0.4, -0.2) is 58.0 Å². The topological polar surface area (TPSA) is 105 Å². The van der Waals surface area contributed by atoms with Gasteiger partial charge < -0.3 is 19.7 Å². The van der Waals surface area contributed by atoms with Gasteiger partial charge >= 0.3 is 0 Å². The Bertz CT molecular complexity index is 1740. The van der Waals surface area contributed by atoms with Gasteiger partial charge in [-0.05, 0) is 60.9 Å². The van der Waals surface area contributed by atoms with Crippen molar-refractivity contribution in [3.05, 3.63) is 119 Å². The molecule has 0 aromatic heterocycles. The van der Waals surface area contributed by atoms with Gasteiger partial charge in [0, 0.05) is 29.5 Å². The summed E-state index contributed by atoms with van der Waals surface area (Å²) >= 11 is 3.46. The predicted molar refractivity (Wildman–Crippen MR) is 187 cm³/mol. The average Bonchev–Trinajstić information content (AvgIpc) is 3.09. The molecule has 0 saturated carbocycles. The van der Waals surface area contributed by atoms with E-state index in [9.17, 15) is 18.0 Å². The number of anilines is 1. The molecule has 0 saturated heterocycles. The Kier molecular flexibility index (Phi) is 12.4. The molecule has 4 aromatic carbocycles. The van der Waals surface area contributed by atoms with Gasteiger partial charge in [0.05, 0.1) is 24.8 Å². The maximum Gasteiger partial charge on any atom is 0.264 e. The zero-order valence-corrected chi connectivity index (χ0v) is 29.3. The van der Waals surface area contributed by atoms with E-state index in [1.54, 1.807) is 30.3 Å². The van der Waals surface area contributed by atoms with E-state index in [2.05, 4.69) is 21.2 Å². The molecule has 2 atom stereocenters. The summed E-state index contributed by atoms with van der Waals surface area (Å²) in [4.78, 5) is 30.1. The molecule has 9 nitrogen and oxygen atoms in total. The first-order chi connectivity index (χ1) is 22.6. The number of rotatable bonds is 15. The van der Waals surface area contributed by atoms with Gasteiger partial charge in [-0.1, -0.05) is 83.5 Å². The minimum absolute atomic E-state index is 0.00696. The molecule has 4 rings (SSSR count). The van der Waals surface area contributed by atoms with Gasteiger partial charge in [0.2, 0.25) is 11.8 Å². The van der Waals surface area contributed by atoms with Gasteiger partial charge in [0.25, 0.3) is 10.0 Å². The van der Waals surface area contributed by atoms with Gasteiger partial charge in [-0.2, -0.15) is 0 Å². The number of ether oxygens (including phenoxy) is 2. The zero-order valence-electron chi connectivity index (χ0n) is 26.9.